The minimum absolute atomic E-state index is 0.213. The first-order valence-electron chi connectivity index (χ1n) is 6.23. The number of ether oxygens (including phenoxy) is 2. The lowest BCUT2D eigenvalue weighted by atomic mass is 10.1. The summed E-state index contributed by atoms with van der Waals surface area (Å²) in [7, 11) is -1.81. The van der Waals surface area contributed by atoms with Gasteiger partial charge >= 0.3 is 0 Å². The largest absolute Gasteiger partial charge is 0.493 e. The molecule has 2 N–H and O–H groups in total. The van der Waals surface area contributed by atoms with E-state index in [0.29, 0.717) is 17.1 Å². The van der Waals surface area contributed by atoms with E-state index in [0.717, 1.165) is 0 Å². The molecule has 1 fully saturated rings. The van der Waals surface area contributed by atoms with Gasteiger partial charge in [0, 0.05) is 0 Å². The molecule has 1 heterocycles. The normalized spacial score (nSPS) is 26.2. The van der Waals surface area contributed by atoms with Crippen LogP contribution in [0.15, 0.2) is 18.2 Å². The summed E-state index contributed by atoms with van der Waals surface area (Å²) >= 11 is 0. The first-order chi connectivity index (χ1) is 9.32. The number of hydrogen-bond donors (Lipinski definition) is 2. The van der Waals surface area contributed by atoms with Gasteiger partial charge in [0.2, 0.25) is 0 Å². The minimum atomic E-state index is -3.26. The molecule has 1 aliphatic heterocycles. The van der Waals surface area contributed by atoms with Crippen molar-refractivity contribution in [2.24, 2.45) is 0 Å². The fourth-order valence-corrected chi connectivity index (χ4v) is 3.78. The van der Waals surface area contributed by atoms with E-state index in [4.69, 9.17) is 9.47 Å². The van der Waals surface area contributed by atoms with Crippen molar-refractivity contribution in [1.82, 2.24) is 0 Å². The molecular weight excluding hydrogens is 284 g/mol. The molecule has 0 spiro atoms. The Bertz CT molecular complexity index is 581. The van der Waals surface area contributed by atoms with Crippen molar-refractivity contribution in [2.75, 3.05) is 18.6 Å². The predicted molar refractivity (Wildman–Crippen MR) is 72.7 cm³/mol. The molecule has 1 saturated heterocycles. The first-order valence-corrected chi connectivity index (χ1v) is 8.05. The molecule has 1 aromatic rings. The van der Waals surface area contributed by atoms with E-state index in [-0.39, 0.29) is 11.5 Å². The van der Waals surface area contributed by atoms with Gasteiger partial charge in [0.15, 0.2) is 21.3 Å². The number of aliphatic hydroxyl groups excluding tert-OH is 2. The number of sulfone groups is 1. The van der Waals surface area contributed by atoms with Crippen molar-refractivity contribution in [3.63, 3.8) is 0 Å². The summed E-state index contributed by atoms with van der Waals surface area (Å²) in [6.45, 7) is 1.63. The maximum absolute atomic E-state index is 11.4. The molecule has 0 bridgehead atoms. The quantitative estimate of drug-likeness (QED) is 0.830. The molecule has 0 aromatic heterocycles. The van der Waals surface area contributed by atoms with E-state index >= 15 is 0 Å². The van der Waals surface area contributed by atoms with Gasteiger partial charge < -0.3 is 19.7 Å². The Morgan fingerprint density at radius 1 is 1.30 bits per heavy atom. The van der Waals surface area contributed by atoms with Crippen LogP contribution < -0.4 is 9.47 Å². The zero-order valence-electron chi connectivity index (χ0n) is 11.3. The molecule has 20 heavy (non-hydrogen) atoms. The molecular formula is C13H18O6S. The Balaban J connectivity index is 2.21. The van der Waals surface area contributed by atoms with Crippen LogP contribution in [0.25, 0.3) is 0 Å². The van der Waals surface area contributed by atoms with Crippen LogP contribution in [0.4, 0.5) is 0 Å². The molecule has 6 nitrogen and oxygen atoms in total. The third-order valence-electron chi connectivity index (χ3n) is 3.22. The van der Waals surface area contributed by atoms with E-state index in [1.807, 2.05) is 0 Å². The SMILES string of the molecule is COc1cc([C@@H](C)O)ccc1OC1CS(=O)(=O)CC1O. The van der Waals surface area contributed by atoms with Gasteiger partial charge in [-0.25, -0.2) is 8.42 Å². The van der Waals surface area contributed by atoms with Crippen LogP contribution >= 0.6 is 0 Å². The minimum Gasteiger partial charge on any atom is -0.493 e. The van der Waals surface area contributed by atoms with E-state index in [1.54, 1.807) is 25.1 Å². The summed E-state index contributed by atoms with van der Waals surface area (Å²) in [6.07, 6.45) is -2.48. The van der Waals surface area contributed by atoms with Crippen molar-refractivity contribution in [3.8, 4) is 11.5 Å². The second kappa shape index (κ2) is 5.59. The summed E-state index contributed by atoms with van der Waals surface area (Å²) < 4.78 is 33.6. The molecule has 0 amide bonds. The zero-order chi connectivity index (χ0) is 14.9. The van der Waals surface area contributed by atoms with Crippen molar-refractivity contribution < 1.29 is 28.1 Å². The second-order valence-corrected chi connectivity index (χ2v) is 7.04. The highest BCUT2D eigenvalue weighted by Gasteiger charge is 2.38. The summed E-state index contributed by atoms with van der Waals surface area (Å²) in [6, 6.07) is 4.88. The third kappa shape index (κ3) is 3.23. The smallest absolute Gasteiger partial charge is 0.161 e. The fraction of sp³-hybridized carbons (Fsp3) is 0.538. The van der Waals surface area contributed by atoms with Crippen LogP contribution in [0.3, 0.4) is 0 Å². The van der Waals surface area contributed by atoms with Crippen molar-refractivity contribution >= 4 is 9.84 Å². The lowest BCUT2D eigenvalue weighted by Gasteiger charge is -2.18. The van der Waals surface area contributed by atoms with Crippen LogP contribution in [-0.2, 0) is 9.84 Å². The zero-order valence-corrected chi connectivity index (χ0v) is 12.1. The Labute approximate surface area is 117 Å². The molecule has 112 valence electrons. The van der Waals surface area contributed by atoms with E-state index < -0.39 is 28.1 Å². The number of hydrogen-bond acceptors (Lipinski definition) is 6. The van der Waals surface area contributed by atoms with Crippen LogP contribution in [-0.4, -0.2) is 49.5 Å². The lowest BCUT2D eigenvalue weighted by molar-refractivity contribution is 0.0717. The van der Waals surface area contributed by atoms with Crippen LogP contribution in [0, 0.1) is 0 Å². The Morgan fingerprint density at radius 3 is 2.50 bits per heavy atom. The topological polar surface area (TPSA) is 93.1 Å². The maximum Gasteiger partial charge on any atom is 0.161 e. The molecule has 3 atom stereocenters. The number of rotatable bonds is 4. The van der Waals surface area contributed by atoms with Gasteiger partial charge in [0.05, 0.1) is 24.7 Å². The van der Waals surface area contributed by atoms with Crippen LogP contribution in [0.1, 0.15) is 18.6 Å². The summed E-state index contributed by atoms with van der Waals surface area (Å²) in [5, 5.41) is 19.2. The highest BCUT2D eigenvalue weighted by Crippen LogP contribution is 2.32. The summed E-state index contributed by atoms with van der Waals surface area (Å²) in [5.74, 6) is 0.235. The van der Waals surface area contributed by atoms with E-state index in [1.165, 1.54) is 7.11 Å². The van der Waals surface area contributed by atoms with Gasteiger partial charge in [0.25, 0.3) is 0 Å². The van der Waals surface area contributed by atoms with E-state index in [2.05, 4.69) is 0 Å². The molecule has 0 radical (unpaired) electrons. The molecule has 1 aromatic carbocycles. The molecule has 2 unspecified atom stereocenters. The van der Waals surface area contributed by atoms with Gasteiger partial charge in [-0.05, 0) is 24.6 Å². The van der Waals surface area contributed by atoms with Crippen LogP contribution in [0.5, 0.6) is 11.5 Å². The monoisotopic (exact) mass is 302 g/mol. The average Bonchev–Trinajstić information content (AvgIpc) is 2.62. The van der Waals surface area contributed by atoms with Gasteiger partial charge in [-0.15, -0.1) is 0 Å². The Kier molecular flexibility index (Phi) is 4.22. The van der Waals surface area contributed by atoms with Crippen LogP contribution in [0.2, 0.25) is 0 Å². The highest BCUT2D eigenvalue weighted by atomic mass is 32.2. The predicted octanol–water partition coefficient (Wildman–Crippen LogP) is 0.285. The van der Waals surface area contributed by atoms with Gasteiger partial charge in [-0.1, -0.05) is 6.07 Å². The molecule has 7 heteroatoms. The number of benzene rings is 1. The van der Waals surface area contributed by atoms with Crippen molar-refractivity contribution in [2.45, 2.75) is 25.2 Å². The maximum atomic E-state index is 11.4. The third-order valence-corrected chi connectivity index (χ3v) is 4.91. The number of aliphatic hydroxyl groups is 2. The molecule has 0 saturated carbocycles. The lowest BCUT2D eigenvalue weighted by Crippen LogP contribution is -2.29. The second-order valence-electron chi connectivity index (χ2n) is 4.89. The first kappa shape index (κ1) is 15.1. The molecule has 2 rings (SSSR count). The molecule has 0 aliphatic carbocycles. The van der Waals surface area contributed by atoms with Gasteiger partial charge in [-0.3, -0.25) is 0 Å². The van der Waals surface area contributed by atoms with Gasteiger partial charge in [-0.2, -0.15) is 0 Å². The summed E-state index contributed by atoms with van der Waals surface area (Å²) in [4.78, 5) is 0. The average molecular weight is 302 g/mol. The highest BCUT2D eigenvalue weighted by molar-refractivity contribution is 7.91. The standard InChI is InChI=1S/C13H18O6S/c1-8(14)9-3-4-11(12(5-9)18-2)19-13-7-20(16,17)6-10(13)15/h3-5,8,10,13-15H,6-7H2,1-2H3/t8-,10?,13?/m1/s1. The van der Waals surface area contributed by atoms with Crippen molar-refractivity contribution in [3.05, 3.63) is 23.8 Å². The van der Waals surface area contributed by atoms with Gasteiger partial charge in [0.1, 0.15) is 12.2 Å². The fourth-order valence-electron chi connectivity index (χ4n) is 2.11. The van der Waals surface area contributed by atoms with Crippen molar-refractivity contribution in [1.29, 1.82) is 0 Å². The molecule has 1 aliphatic rings. The Morgan fingerprint density at radius 2 is 2.00 bits per heavy atom. The Hall–Kier alpha value is -1.31. The van der Waals surface area contributed by atoms with E-state index in [9.17, 15) is 18.6 Å². The number of methoxy groups -OCH3 is 1. The summed E-state index contributed by atoms with van der Waals surface area (Å²) in [5.41, 5.74) is 0.661.